The average molecular weight is 362 g/mol. The summed E-state index contributed by atoms with van der Waals surface area (Å²) in [6.45, 7) is 4.93. The molecule has 0 aliphatic carbocycles. The Balaban J connectivity index is 1.53. The topological polar surface area (TPSA) is 51.5 Å². The number of rotatable bonds is 3. The molecule has 4 rings (SSSR count). The number of carbonyl (C=O) groups is 1. The molecule has 0 spiro atoms. The van der Waals surface area contributed by atoms with E-state index in [4.69, 9.17) is 4.74 Å². The molecule has 0 bridgehead atoms. The van der Waals surface area contributed by atoms with Gasteiger partial charge in [0, 0.05) is 18.6 Å². The van der Waals surface area contributed by atoms with E-state index in [1.807, 2.05) is 67.9 Å². The highest BCUT2D eigenvalue weighted by Gasteiger charge is 2.34. The highest BCUT2D eigenvalue weighted by molar-refractivity contribution is 5.97. The predicted octanol–water partition coefficient (Wildman–Crippen LogP) is 3.06. The van der Waals surface area contributed by atoms with Crippen molar-refractivity contribution in [3.05, 3.63) is 75.6 Å². The third-order valence-corrected chi connectivity index (χ3v) is 5.00. The van der Waals surface area contributed by atoms with Crippen molar-refractivity contribution in [1.82, 2.24) is 9.47 Å². The number of pyridine rings is 1. The Labute approximate surface area is 157 Å². The van der Waals surface area contributed by atoms with Crippen molar-refractivity contribution in [3.8, 4) is 5.75 Å². The Kier molecular flexibility index (Phi) is 4.22. The largest absolute Gasteiger partial charge is 0.487 e. The Morgan fingerprint density at radius 2 is 1.81 bits per heavy atom. The minimum atomic E-state index is -0.233. The van der Waals surface area contributed by atoms with Crippen LogP contribution in [-0.4, -0.2) is 34.6 Å². The van der Waals surface area contributed by atoms with Gasteiger partial charge in [0.15, 0.2) is 0 Å². The SMILES string of the molecule is Cc1cccc(OC2CN(C(=O)c3cn(C)c4ccc(C)cc4c3=O)C2)c1. The van der Waals surface area contributed by atoms with Crippen molar-refractivity contribution < 1.29 is 9.53 Å². The summed E-state index contributed by atoms with van der Waals surface area (Å²) in [7, 11) is 1.85. The molecule has 0 radical (unpaired) electrons. The first-order valence-electron chi connectivity index (χ1n) is 9.05. The average Bonchev–Trinajstić information content (AvgIpc) is 2.60. The molecule has 1 saturated heterocycles. The van der Waals surface area contributed by atoms with Crippen LogP contribution in [0, 0.1) is 13.8 Å². The van der Waals surface area contributed by atoms with Crippen molar-refractivity contribution in [1.29, 1.82) is 0 Å². The second-order valence-electron chi connectivity index (χ2n) is 7.27. The van der Waals surface area contributed by atoms with Gasteiger partial charge in [0.2, 0.25) is 5.43 Å². The van der Waals surface area contributed by atoms with Crippen molar-refractivity contribution in [3.63, 3.8) is 0 Å². The first-order chi connectivity index (χ1) is 12.9. The van der Waals surface area contributed by atoms with Gasteiger partial charge in [-0.15, -0.1) is 0 Å². The molecular weight excluding hydrogens is 340 g/mol. The predicted molar refractivity (Wildman–Crippen MR) is 105 cm³/mol. The second kappa shape index (κ2) is 6.58. The summed E-state index contributed by atoms with van der Waals surface area (Å²) in [6.07, 6.45) is 1.60. The summed E-state index contributed by atoms with van der Waals surface area (Å²) in [5.74, 6) is 0.576. The summed E-state index contributed by atoms with van der Waals surface area (Å²) in [5.41, 5.74) is 2.96. The van der Waals surface area contributed by atoms with Crippen LogP contribution in [0.5, 0.6) is 5.75 Å². The van der Waals surface area contributed by atoms with E-state index < -0.39 is 0 Å². The molecule has 0 N–H and O–H groups in total. The number of ether oxygens (including phenoxy) is 1. The molecule has 1 aliphatic rings. The molecule has 3 aromatic rings. The van der Waals surface area contributed by atoms with E-state index in [1.165, 1.54) is 0 Å². The van der Waals surface area contributed by atoms with E-state index in [1.54, 1.807) is 11.1 Å². The van der Waals surface area contributed by atoms with Gasteiger partial charge in [-0.05, 0) is 43.7 Å². The number of benzene rings is 2. The van der Waals surface area contributed by atoms with Crippen LogP contribution in [0.15, 0.2) is 53.5 Å². The van der Waals surface area contributed by atoms with Crippen LogP contribution in [-0.2, 0) is 7.05 Å². The Morgan fingerprint density at radius 1 is 1.07 bits per heavy atom. The van der Waals surface area contributed by atoms with Crippen LogP contribution in [0.3, 0.4) is 0 Å². The maximum absolute atomic E-state index is 12.8. The maximum Gasteiger partial charge on any atom is 0.259 e. The lowest BCUT2D eigenvalue weighted by Gasteiger charge is -2.39. The van der Waals surface area contributed by atoms with Gasteiger partial charge in [0.25, 0.3) is 5.91 Å². The quantitative estimate of drug-likeness (QED) is 0.720. The van der Waals surface area contributed by atoms with Crippen LogP contribution in [0.1, 0.15) is 21.5 Å². The van der Waals surface area contributed by atoms with Crippen LogP contribution in [0.2, 0.25) is 0 Å². The lowest BCUT2D eigenvalue weighted by atomic mass is 10.1. The minimum Gasteiger partial charge on any atom is -0.487 e. The third-order valence-electron chi connectivity index (χ3n) is 5.00. The molecule has 5 heteroatoms. The molecule has 0 unspecified atom stereocenters. The zero-order chi connectivity index (χ0) is 19.1. The summed E-state index contributed by atoms with van der Waals surface area (Å²) in [6, 6.07) is 13.6. The molecule has 1 amide bonds. The molecule has 0 saturated carbocycles. The Bertz CT molecular complexity index is 1090. The van der Waals surface area contributed by atoms with Crippen LogP contribution in [0.4, 0.5) is 0 Å². The normalized spacial score (nSPS) is 14.3. The standard InChI is InChI=1S/C22H22N2O3/c1-14-5-4-6-16(9-14)27-17-11-24(12-17)22(26)19-13-23(3)20-8-7-15(2)10-18(20)21(19)25/h4-10,13,17H,11-12H2,1-3H3. The highest BCUT2D eigenvalue weighted by atomic mass is 16.5. The smallest absolute Gasteiger partial charge is 0.259 e. The number of fused-ring (bicyclic) bond motifs is 1. The molecule has 138 valence electrons. The molecule has 5 nitrogen and oxygen atoms in total. The number of carbonyl (C=O) groups excluding carboxylic acids is 1. The second-order valence-corrected chi connectivity index (χ2v) is 7.27. The monoisotopic (exact) mass is 362 g/mol. The van der Waals surface area contributed by atoms with E-state index in [0.29, 0.717) is 18.5 Å². The zero-order valence-electron chi connectivity index (χ0n) is 15.7. The van der Waals surface area contributed by atoms with Gasteiger partial charge >= 0.3 is 0 Å². The fourth-order valence-electron chi connectivity index (χ4n) is 3.49. The van der Waals surface area contributed by atoms with E-state index in [9.17, 15) is 9.59 Å². The van der Waals surface area contributed by atoms with Crippen LogP contribution < -0.4 is 10.2 Å². The molecule has 2 aromatic carbocycles. The third kappa shape index (κ3) is 3.21. The van der Waals surface area contributed by atoms with Crippen LogP contribution >= 0.6 is 0 Å². The number of aryl methyl sites for hydroxylation is 3. The van der Waals surface area contributed by atoms with Gasteiger partial charge in [-0.3, -0.25) is 9.59 Å². The minimum absolute atomic E-state index is 0.0395. The molecule has 1 fully saturated rings. The number of nitrogens with zero attached hydrogens (tertiary/aromatic N) is 2. The number of hydrogen-bond acceptors (Lipinski definition) is 3. The number of hydrogen-bond donors (Lipinski definition) is 0. The van der Waals surface area contributed by atoms with Gasteiger partial charge in [0.1, 0.15) is 17.4 Å². The van der Waals surface area contributed by atoms with Crippen molar-refractivity contribution in [2.24, 2.45) is 7.05 Å². The van der Waals surface area contributed by atoms with Gasteiger partial charge in [0.05, 0.1) is 18.6 Å². The first kappa shape index (κ1) is 17.3. The number of aromatic nitrogens is 1. The van der Waals surface area contributed by atoms with Gasteiger partial charge in [-0.25, -0.2) is 0 Å². The fraction of sp³-hybridized carbons (Fsp3) is 0.273. The number of likely N-dealkylation sites (tertiary alicyclic amines) is 1. The van der Waals surface area contributed by atoms with Crippen LogP contribution in [0.25, 0.3) is 10.9 Å². The lowest BCUT2D eigenvalue weighted by molar-refractivity contribution is 0.0176. The summed E-state index contributed by atoms with van der Waals surface area (Å²) >= 11 is 0. The Hall–Kier alpha value is -3.08. The first-order valence-corrected chi connectivity index (χ1v) is 9.05. The molecule has 0 atom stereocenters. The molecule has 1 aromatic heterocycles. The zero-order valence-corrected chi connectivity index (χ0v) is 15.7. The van der Waals surface area contributed by atoms with Crippen molar-refractivity contribution >= 4 is 16.8 Å². The fourth-order valence-corrected chi connectivity index (χ4v) is 3.49. The molecular formula is C22H22N2O3. The van der Waals surface area contributed by atoms with Gasteiger partial charge in [-0.1, -0.05) is 23.8 Å². The van der Waals surface area contributed by atoms with Gasteiger partial charge < -0.3 is 14.2 Å². The van der Waals surface area contributed by atoms with E-state index in [-0.39, 0.29) is 23.0 Å². The summed E-state index contributed by atoms with van der Waals surface area (Å²) < 4.78 is 7.75. The lowest BCUT2D eigenvalue weighted by Crippen LogP contribution is -2.56. The Morgan fingerprint density at radius 3 is 2.56 bits per heavy atom. The van der Waals surface area contributed by atoms with Crippen molar-refractivity contribution in [2.45, 2.75) is 20.0 Å². The van der Waals surface area contributed by atoms with Gasteiger partial charge in [-0.2, -0.15) is 0 Å². The van der Waals surface area contributed by atoms with Crippen molar-refractivity contribution in [2.75, 3.05) is 13.1 Å². The summed E-state index contributed by atoms with van der Waals surface area (Å²) in [5, 5.41) is 0.580. The number of amides is 1. The van der Waals surface area contributed by atoms with E-state index in [2.05, 4.69) is 0 Å². The molecule has 27 heavy (non-hydrogen) atoms. The van der Waals surface area contributed by atoms with E-state index in [0.717, 1.165) is 22.4 Å². The summed E-state index contributed by atoms with van der Waals surface area (Å²) in [4.78, 5) is 27.3. The van der Waals surface area contributed by atoms with E-state index >= 15 is 0 Å². The highest BCUT2D eigenvalue weighted by Crippen LogP contribution is 2.21. The molecule has 1 aliphatic heterocycles. The molecule has 2 heterocycles. The maximum atomic E-state index is 12.8.